The molecule has 0 aromatic heterocycles. The van der Waals surface area contributed by atoms with Crippen molar-refractivity contribution < 1.29 is 4.74 Å². The number of ether oxygens (including phenoxy) is 1. The Labute approximate surface area is 404 Å². The fourth-order valence-electron chi connectivity index (χ4n) is 12.1. The zero-order valence-electron chi connectivity index (χ0n) is 39.8. The maximum absolute atomic E-state index is 6.74. The second-order valence-electron chi connectivity index (χ2n) is 19.7. The zero-order chi connectivity index (χ0) is 46.3. The summed E-state index contributed by atoms with van der Waals surface area (Å²) < 4.78 is 6.74. The van der Waals surface area contributed by atoms with Crippen LogP contribution in [0.2, 0.25) is 0 Å². The number of hydrogen-bond donors (Lipinski definition) is 0. The minimum atomic E-state index is -2.07. The fourth-order valence-corrected chi connectivity index (χ4v) is 16.4. The number of nitrogens with zero attached hydrogens (tertiary/aromatic N) is 1. The Bertz CT molecular complexity index is 3230. The van der Waals surface area contributed by atoms with Crippen molar-refractivity contribution in [3.05, 3.63) is 251 Å². The van der Waals surface area contributed by atoms with Crippen LogP contribution in [-0.2, 0) is 5.41 Å². The smallest absolute Gasteiger partial charge is 0.244 e. The standard InChI is InChI=1S/C64H56BNOS/c1-42(2)45-39-49(43(3)4)63(50(40-45)44(5)6)65-55-31-17-22-36-61(55)68(47-23-9-7-10-24-47,48-25-11-8-12-26-48)62-41-46(37-38-56(62)65)66-57-32-18-13-27-51(57)64(52-28-14-19-33-58(52)66)53-29-15-20-34-59(53)67-60-35-21-16-30-54(60)64/h7-44H,1-6H3. The SMILES string of the molecule is CC(C)c1cc(C(C)C)c(B2c3ccccc3S(c3ccccc3)(c3ccccc3)c3cc(N4c5ccccc5C5(c6ccccc6Oc6ccccc65)c5ccccc54)ccc32)c(C(C)C)c1. The second kappa shape index (κ2) is 16.4. The molecule has 12 rings (SSSR count). The molecule has 2 nitrogen and oxygen atoms in total. The molecule has 0 atom stereocenters. The van der Waals surface area contributed by atoms with Crippen LogP contribution in [0.25, 0.3) is 0 Å². The third kappa shape index (κ3) is 6.06. The summed E-state index contributed by atoms with van der Waals surface area (Å²) in [6.07, 6.45) is 0. The van der Waals surface area contributed by atoms with Crippen molar-refractivity contribution in [1.82, 2.24) is 0 Å². The van der Waals surface area contributed by atoms with E-state index in [0.717, 1.165) is 28.3 Å². The van der Waals surface area contributed by atoms with Gasteiger partial charge in [0.25, 0.3) is 0 Å². The molecule has 4 heteroatoms. The summed E-state index contributed by atoms with van der Waals surface area (Å²) in [4.78, 5) is 8.05. The summed E-state index contributed by atoms with van der Waals surface area (Å²) in [5.41, 5.74) is 16.3. The monoisotopic (exact) mass is 897 g/mol. The molecule has 9 aromatic rings. The van der Waals surface area contributed by atoms with Gasteiger partial charge in [0.05, 0.1) is 16.8 Å². The van der Waals surface area contributed by atoms with E-state index in [1.165, 1.54) is 75.2 Å². The highest BCUT2D eigenvalue weighted by molar-refractivity contribution is 8.34. The number of rotatable bonds is 7. The Morgan fingerprint density at radius 1 is 0.426 bits per heavy atom. The maximum Gasteiger partial charge on any atom is 0.244 e. The van der Waals surface area contributed by atoms with Gasteiger partial charge in [-0.3, -0.25) is 0 Å². The van der Waals surface area contributed by atoms with Crippen LogP contribution in [0.15, 0.2) is 232 Å². The van der Waals surface area contributed by atoms with E-state index in [1.54, 1.807) is 0 Å². The van der Waals surface area contributed by atoms with Crippen LogP contribution >= 0.6 is 10.0 Å². The van der Waals surface area contributed by atoms with Gasteiger partial charge in [0, 0.05) is 26.6 Å². The van der Waals surface area contributed by atoms with Crippen molar-refractivity contribution in [2.75, 3.05) is 4.90 Å². The quantitative estimate of drug-likeness (QED) is 0.148. The highest BCUT2D eigenvalue weighted by atomic mass is 32.3. The van der Waals surface area contributed by atoms with Crippen LogP contribution in [0.5, 0.6) is 11.5 Å². The van der Waals surface area contributed by atoms with Crippen LogP contribution in [0, 0.1) is 0 Å². The van der Waals surface area contributed by atoms with E-state index in [0.29, 0.717) is 17.8 Å². The molecule has 3 heterocycles. The van der Waals surface area contributed by atoms with Crippen molar-refractivity contribution in [2.45, 2.75) is 84.3 Å². The van der Waals surface area contributed by atoms with Crippen LogP contribution in [0.4, 0.5) is 17.1 Å². The first-order chi connectivity index (χ1) is 33.2. The minimum absolute atomic E-state index is 0.0266. The van der Waals surface area contributed by atoms with Crippen molar-refractivity contribution >= 4 is 50.2 Å². The minimum Gasteiger partial charge on any atom is -0.457 e. The van der Waals surface area contributed by atoms with Gasteiger partial charge in [-0.05, 0) is 122 Å². The molecular weight excluding hydrogens is 842 g/mol. The molecule has 9 aromatic carbocycles. The average molecular weight is 898 g/mol. The molecule has 0 amide bonds. The lowest BCUT2D eigenvalue weighted by Crippen LogP contribution is -2.59. The van der Waals surface area contributed by atoms with Gasteiger partial charge < -0.3 is 9.64 Å². The first-order valence-electron chi connectivity index (χ1n) is 24.4. The molecule has 0 unspecified atom stereocenters. The molecule has 0 radical (unpaired) electrons. The molecule has 0 fully saturated rings. The molecular formula is C64H56BNOS. The van der Waals surface area contributed by atoms with Crippen molar-refractivity contribution in [1.29, 1.82) is 0 Å². The summed E-state index contributed by atoms with van der Waals surface area (Å²) in [5, 5.41) is 0. The summed E-state index contributed by atoms with van der Waals surface area (Å²) in [6, 6.07) is 80.5. The first-order valence-corrected chi connectivity index (χ1v) is 26.1. The number of benzene rings is 9. The van der Waals surface area contributed by atoms with Gasteiger partial charge in [-0.25, -0.2) is 0 Å². The lowest BCUT2D eigenvalue weighted by atomic mass is 9.34. The third-order valence-electron chi connectivity index (χ3n) is 15.0. The summed E-state index contributed by atoms with van der Waals surface area (Å²) in [6.45, 7) is 14.3. The van der Waals surface area contributed by atoms with E-state index in [4.69, 9.17) is 4.74 Å². The molecule has 332 valence electrons. The second-order valence-corrected chi connectivity index (χ2v) is 22.8. The van der Waals surface area contributed by atoms with E-state index in [-0.39, 0.29) is 6.71 Å². The largest absolute Gasteiger partial charge is 0.457 e. The molecule has 68 heavy (non-hydrogen) atoms. The Hall–Kier alpha value is -7.01. The van der Waals surface area contributed by atoms with Crippen LogP contribution in [0.3, 0.4) is 0 Å². The molecule has 0 saturated heterocycles. The van der Waals surface area contributed by atoms with Crippen LogP contribution in [-0.4, -0.2) is 6.71 Å². The lowest BCUT2D eigenvalue weighted by molar-refractivity contribution is 0.434. The fraction of sp³-hybridized carbons (Fsp3) is 0.156. The number of hydrogen-bond acceptors (Lipinski definition) is 2. The van der Waals surface area contributed by atoms with Crippen molar-refractivity contribution in [3.8, 4) is 11.5 Å². The zero-order valence-corrected chi connectivity index (χ0v) is 40.6. The Morgan fingerprint density at radius 3 is 1.41 bits per heavy atom. The molecule has 0 bridgehead atoms. The van der Waals surface area contributed by atoms with Gasteiger partial charge in [0.2, 0.25) is 6.71 Å². The predicted octanol–water partition coefficient (Wildman–Crippen LogP) is 15.5. The number of anilines is 3. The van der Waals surface area contributed by atoms with Crippen LogP contribution < -0.4 is 26.0 Å². The predicted molar refractivity (Wildman–Crippen MR) is 286 cm³/mol. The van der Waals surface area contributed by atoms with E-state index >= 15 is 0 Å². The summed E-state index contributed by atoms with van der Waals surface area (Å²) in [7, 11) is -2.07. The normalized spacial score (nSPS) is 15.2. The van der Waals surface area contributed by atoms with Gasteiger partial charge in [0.15, 0.2) is 0 Å². The Kier molecular flexibility index (Phi) is 10.2. The first kappa shape index (κ1) is 42.4. The lowest BCUT2D eigenvalue weighted by Gasteiger charge is -2.50. The topological polar surface area (TPSA) is 12.5 Å². The molecule has 0 saturated carbocycles. The number of para-hydroxylation sites is 4. The van der Waals surface area contributed by atoms with E-state index < -0.39 is 15.4 Å². The van der Waals surface area contributed by atoms with Gasteiger partial charge in [-0.15, -0.1) is 10.0 Å². The Balaban J connectivity index is 1.20. The maximum atomic E-state index is 6.74. The molecule has 3 aliphatic heterocycles. The third-order valence-corrected chi connectivity index (χ3v) is 19.0. The van der Waals surface area contributed by atoms with E-state index in [1.807, 2.05) is 0 Å². The van der Waals surface area contributed by atoms with E-state index in [9.17, 15) is 0 Å². The highest BCUT2D eigenvalue weighted by Gasteiger charge is 2.52. The molecule has 3 aliphatic rings. The van der Waals surface area contributed by atoms with Gasteiger partial charge >= 0.3 is 0 Å². The van der Waals surface area contributed by atoms with E-state index in [2.05, 4.69) is 259 Å². The van der Waals surface area contributed by atoms with Gasteiger partial charge in [-0.2, -0.15) is 0 Å². The Morgan fingerprint density at radius 2 is 0.882 bits per heavy atom. The molecule has 1 spiro atoms. The van der Waals surface area contributed by atoms with Gasteiger partial charge in [-0.1, -0.05) is 204 Å². The molecule has 0 aliphatic carbocycles. The summed E-state index contributed by atoms with van der Waals surface area (Å²) in [5.74, 6) is 2.90. The van der Waals surface area contributed by atoms with Crippen molar-refractivity contribution in [2.24, 2.45) is 0 Å². The highest BCUT2D eigenvalue weighted by Crippen LogP contribution is 2.74. The average Bonchev–Trinajstić information content (AvgIpc) is 3.38. The number of fused-ring (bicyclic) bond motifs is 10. The molecule has 0 N–H and O–H groups in total. The van der Waals surface area contributed by atoms with Crippen LogP contribution in [0.1, 0.15) is 98.2 Å². The van der Waals surface area contributed by atoms with Gasteiger partial charge in [0.1, 0.15) is 11.5 Å². The summed E-state index contributed by atoms with van der Waals surface area (Å²) >= 11 is 0. The van der Waals surface area contributed by atoms with Crippen molar-refractivity contribution in [3.63, 3.8) is 0 Å².